The van der Waals surface area contributed by atoms with Crippen molar-refractivity contribution in [3.63, 3.8) is 0 Å². The van der Waals surface area contributed by atoms with E-state index in [1.165, 1.54) is 11.6 Å². The molecule has 1 aromatic carbocycles. The monoisotopic (exact) mass is 285 g/mol. The molecular formula is C17H20FN3. The van der Waals surface area contributed by atoms with Crippen molar-refractivity contribution in [3.8, 4) is 0 Å². The van der Waals surface area contributed by atoms with Crippen LogP contribution in [0, 0.1) is 5.95 Å². The van der Waals surface area contributed by atoms with Crippen molar-refractivity contribution in [2.45, 2.75) is 18.9 Å². The molecule has 0 amide bonds. The topological polar surface area (TPSA) is 28.2 Å². The molecule has 3 rings (SSSR count). The average Bonchev–Trinajstić information content (AvgIpc) is 2.96. The normalized spacial score (nSPS) is 18.8. The fraction of sp³-hybridized carbons (Fsp3) is 0.353. The third kappa shape index (κ3) is 4.02. The summed E-state index contributed by atoms with van der Waals surface area (Å²) in [6, 6.07) is 14.1. The molecule has 110 valence electrons. The number of likely N-dealkylation sites (tertiary alicyclic amines) is 1. The lowest BCUT2D eigenvalue weighted by Crippen LogP contribution is -2.27. The van der Waals surface area contributed by atoms with Gasteiger partial charge in [0.2, 0.25) is 5.95 Å². The summed E-state index contributed by atoms with van der Waals surface area (Å²) in [5.41, 5.74) is 2.28. The highest BCUT2D eigenvalue weighted by molar-refractivity contribution is 5.41. The van der Waals surface area contributed by atoms with Gasteiger partial charge in [-0.15, -0.1) is 0 Å². The molecule has 1 aromatic heterocycles. The smallest absolute Gasteiger partial charge is 0.212 e. The molecule has 0 bridgehead atoms. The van der Waals surface area contributed by atoms with Crippen LogP contribution in [0.2, 0.25) is 0 Å². The van der Waals surface area contributed by atoms with Gasteiger partial charge in [0.25, 0.3) is 0 Å². The van der Waals surface area contributed by atoms with Crippen molar-refractivity contribution in [1.29, 1.82) is 0 Å². The van der Waals surface area contributed by atoms with E-state index >= 15 is 0 Å². The predicted molar refractivity (Wildman–Crippen MR) is 82.8 cm³/mol. The van der Waals surface area contributed by atoms with Crippen LogP contribution in [0.15, 0.2) is 48.7 Å². The molecule has 2 heterocycles. The molecule has 1 fully saturated rings. The Morgan fingerprint density at radius 2 is 2.05 bits per heavy atom. The van der Waals surface area contributed by atoms with Crippen LogP contribution >= 0.6 is 0 Å². The standard InChI is InChI=1S/C17H20FN3/c18-17-7-6-15(12-19-17)20-16-9-11-21(13-16)10-8-14-4-2-1-3-5-14/h1-7,12,16,20H,8-11,13H2. The highest BCUT2D eigenvalue weighted by Crippen LogP contribution is 2.16. The number of halogens is 1. The second-order valence-electron chi connectivity index (χ2n) is 5.54. The second kappa shape index (κ2) is 6.68. The summed E-state index contributed by atoms with van der Waals surface area (Å²) in [7, 11) is 0. The largest absolute Gasteiger partial charge is 0.380 e. The van der Waals surface area contributed by atoms with Gasteiger partial charge in [0.05, 0.1) is 11.9 Å². The molecule has 0 saturated carbocycles. The van der Waals surface area contributed by atoms with Gasteiger partial charge >= 0.3 is 0 Å². The zero-order valence-electron chi connectivity index (χ0n) is 12.0. The number of pyridine rings is 1. The van der Waals surface area contributed by atoms with Crippen molar-refractivity contribution in [2.75, 3.05) is 25.0 Å². The summed E-state index contributed by atoms with van der Waals surface area (Å²) in [6.07, 6.45) is 3.76. The molecule has 1 atom stereocenters. The van der Waals surface area contributed by atoms with Crippen LogP contribution < -0.4 is 5.32 Å². The number of hydrogen-bond acceptors (Lipinski definition) is 3. The average molecular weight is 285 g/mol. The van der Waals surface area contributed by atoms with Crippen LogP contribution in [-0.4, -0.2) is 35.6 Å². The van der Waals surface area contributed by atoms with E-state index in [9.17, 15) is 4.39 Å². The van der Waals surface area contributed by atoms with E-state index in [1.54, 1.807) is 12.3 Å². The minimum atomic E-state index is -0.434. The maximum atomic E-state index is 12.8. The van der Waals surface area contributed by atoms with Crippen LogP contribution in [0.3, 0.4) is 0 Å². The van der Waals surface area contributed by atoms with Gasteiger partial charge in [0, 0.05) is 25.7 Å². The Morgan fingerprint density at radius 1 is 1.19 bits per heavy atom. The van der Waals surface area contributed by atoms with Gasteiger partial charge in [-0.05, 0) is 30.5 Å². The summed E-state index contributed by atoms with van der Waals surface area (Å²) in [6.45, 7) is 3.23. The molecular weight excluding hydrogens is 265 g/mol. The fourth-order valence-electron chi connectivity index (χ4n) is 2.78. The SMILES string of the molecule is Fc1ccc(NC2CCN(CCc3ccccc3)C2)cn1. The van der Waals surface area contributed by atoms with Crippen LogP contribution in [0.1, 0.15) is 12.0 Å². The van der Waals surface area contributed by atoms with E-state index < -0.39 is 5.95 Å². The third-order valence-electron chi connectivity index (χ3n) is 3.93. The van der Waals surface area contributed by atoms with Crippen LogP contribution in [0.4, 0.5) is 10.1 Å². The van der Waals surface area contributed by atoms with Crippen LogP contribution in [-0.2, 0) is 6.42 Å². The zero-order chi connectivity index (χ0) is 14.5. The summed E-state index contributed by atoms with van der Waals surface area (Å²) >= 11 is 0. The molecule has 2 aromatic rings. The molecule has 0 radical (unpaired) electrons. The zero-order valence-corrected chi connectivity index (χ0v) is 12.0. The summed E-state index contributed by atoms with van der Waals surface area (Å²) in [5, 5.41) is 3.43. The van der Waals surface area contributed by atoms with Crippen molar-refractivity contribution >= 4 is 5.69 Å². The molecule has 3 nitrogen and oxygen atoms in total. The van der Waals surface area contributed by atoms with Crippen molar-refractivity contribution in [3.05, 3.63) is 60.2 Å². The van der Waals surface area contributed by atoms with E-state index in [-0.39, 0.29) is 0 Å². The van der Waals surface area contributed by atoms with Gasteiger partial charge in [-0.1, -0.05) is 30.3 Å². The van der Waals surface area contributed by atoms with Gasteiger partial charge in [-0.3, -0.25) is 0 Å². The van der Waals surface area contributed by atoms with Gasteiger partial charge < -0.3 is 10.2 Å². The number of nitrogens with one attached hydrogen (secondary N) is 1. The fourth-order valence-corrected chi connectivity index (χ4v) is 2.78. The number of aromatic nitrogens is 1. The quantitative estimate of drug-likeness (QED) is 0.856. The number of nitrogens with zero attached hydrogens (tertiary/aromatic N) is 2. The number of anilines is 1. The minimum absolute atomic E-state index is 0.424. The number of benzene rings is 1. The predicted octanol–water partition coefficient (Wildman–Crippen LogP) is 2.95. The van der Waals surface area contributed by atoms with E-state index in [0.29, 0.717) is 6.04 Å². The maximum absolute atomic E-state index is 12.8. The molecule has 21 heavy (non-hydrogen) atoms. The summed E-state index contributed by atoms with van der Waals surface area (Å²) < 4.78 is 12.8. The first kappa shape index (κ1) is 14.0. The van der Waals surface area contributed by atoms with E-state index in [0.717, 1.165) is 38.2 Å². The van der Waals surface area contributed by atoms with E-state index in [4.69, 9.17) is 0 Å². The molecule has 1 aliphatic heterocycles. The molecule has 0 aliphatic carbocycles. The second-order valence-corrected chi connectivity index (χ2v) is 5.54. The van der Waals surface area contributed by atoms with Crippen molar-refractivity contribution in [2.24, 2.45) is 0 Å². The van der Waals surface area contributed by atoms with Gasteiger partial charge in [0.1, 0.15) is 0 Å². The van der Waals surface area contributed by atoms with Crippen LogP contribution in [0.25, 0.3) is 0 Å². The Labute approximate surface area is 124 Å². The van der Waals surface area contributed by atoms with Crippen molar-refractivity contribution < 1.29 is 4.39 Å². The lowest BCUT2D eigenvalue weighted by atomic mass is 10.1. The lowest BCUT2D eigenvalue weighted by Gasteiger charge is -2.17. The molecule has 4 heteroatoms. The van der Waals surface area contributed by atoms with Crippen LogP contribution in [0.5, 0.6) is 0 Å². The first-order chi connectivity index (χ1) is 10.3. The summed E-state index contributed by atoms with van der Waals surface area (Å²) in [4.78, 5) is 6.15. The Bertz CT molecular complexity index is 556. The lowest BCUT2D eigenvalue weighted by molar-refractivity contribution is 0.340. The first-order valence-electron chi connectivity index (χ1n) is 7.44. The minimum Gasteiger partial charge on any atom is -0.380 e. The van der Waals surface area contributed by atoms with Gasteiger partial charge in [-0.2, -0.15) is 4.39 Å². The highest BCUT2D eigenvalue weighted by atomic mass is 19.1. The van der Waals surface area contributed by atoms with E-state index in [2.05, 4.69) is 45.5 Å². The summed E-state index contributed by atoms with van der Waals surface area (Å²) in [5.74, 6) is -0.434. The number of rotatable bonds is 5. The van der Waals surface area contributed by atoms with Gasteiger partial charge in [-0.25, -0.2) is 4.98 Å². The molecule has 1 aliphatic rings. The molecule has 1 saturated heterocycles. The van der Waals surface area contributed by atoms with E-state index in [1.807, 2.05) is 0 Å². The Kier molecular flexibility index (Phi) is 4.46. The third-order valence-corrected chi connectivity index (χ3v) is 3.93. The maximum Gasteiger partial charge on any atom is 0.212 e. The first-order valence-corrected chi connectivity index (χ1v) is 7.44. The molecule has 1 unspecified atom stereocenters. The van der Waals surface area contributed by atoms with Crippen molar-refractivity contribution in [1.82, 2.24) is 9.88 Å². The molecule has 1 N–H and O–H groups in total. The Balaban J connectivity index is 1.46. The highest BCUT2D eigenvalue weighted by Gasteiger charge is 2.21. The molecule has 0 spiro atoms. The number of hydrogen-bond donors (Lipinski definition) is 1. The Hall–Kier alpha value is -1.94. The van der Waals surface area contributed by atoms with Gasteiger partial charge in [0.15, 0.2) is 0 Å². The Morgan fingerprint density at radius 3 is 2.81 bits per heavy atom.